The second kappa shape index (κ2) is 5.75. The van der Waals surface area contributed by atoms with Crippen LogP contribution in [-0.2, 0) is 4.79 Å². The average molecular weight is 222 g/mol. The van der Waals surface area contributed by atoms with E-state index in [4.69, 9.17) is 4.74 Å². The zero-order valence-electron chi connectivity index (χ0n) is 9.23. The first kappa shape index (κ1) is 12.0. The number of hydrogen-bond acceptors (Lipinski definition) is 4. The number of phenolic OH excluding ortho intramolecular Hbond substituents is 1. The summed E-state index contributed by atoms with van der Waals surface area (Å²) in [7, 11) is 0. The lowest BCUT2D eigenvalue weighted by atomic mass is 10.2. The minimum atomic E-state index is -0.236. The fourth-order valence-corrected chi connectivity index (χ4v) is 1.08. The van der Waals surface area contributed by atoms with E-state index in [1.54, 1.807) is 12.1 Å². The SMILES string of the molecule is CCOc1cc(C=NNC(C)=O)ccc1O. The summed E-state index contributed by atoms with van der Waals surface area (Å²) in [6.07, 6.45) is 1.48. The molecule has 0 atom stereocenters. The highest BCUT2D eigenvalue weighted by Gasteiger charge is 2.01. The van der Waals surface area contributed by atoms with Crippen molar-refractivity contribution >= 4 is 12.1 Å². The molecule has 1 amide bonds. The molecule has 0 unspecified atom stereocenters. The van der Waals surface area contributed by atoms with Crippen molar-refractivity contribution in [3.8, 4) is 11.5 Å². The summed E-state index contributed by atoms with van der Waals surface area (Å²) in [4.78, 5) is 10.6. The molecule has 5 heteroatoms. The van der Waals surface area contributed by atoms with Crippen LogP contribution in [0.15, 0.2) is 23.3 Å². The van der Waals surface area contributed by atoms with Crippen molar-refractivity contribution in [2.24, 2.45) is 5.10 Å². The Kier molecular flexibility index (Phi) is 4.32. The Bertz CT molecular complexity index is 402. The molecule has 86 valence electrons. The molecule has 0 saturated carbocycles. The number of carbonyl (C=O) groups excluding carboxylic acids is 1. The number of nitrogens with zero attached hydrogens (tertiary/aromatic N) is 1. The number of nitrogens with one attached hydrogen (secondary N) is 1. The molecule has 1 aromatic rings. The van der Waals surface area contributed by atoms with Crippen LogP contribution < -0.4 is 10.2 Å². The van der Waals surface area contributed by atoms with Gasteiger partial charge in [0.2, 0.25) is 5.91 Å². The zero-order chi connectivity index (χ0) is 12.0. The van der Waals surface area contributed by atoms with Gasteiger partial charge in [-0.25, -0.2) is 5.43 Å². The molecule has 0 aliphatic rings. The maximum absolute atomic E-state index is 10.6. The monoisotopic (exact) mass is 222 g/mol. The van der Waals surface area contributed by atoms with Crippen LogP contribution in [0.25, 0.3) is 0 Å². The fraction of sp³-hybridized carbons (Fsp3) is 0.273. The Hall–Kier alpha value is -2.04. The Morgan fingerprint density at radius 1 is 1.62 bits per heavy atom. The topological polar surface area (TPSA) is 70.9 Å². The summed E-state index contributed by atoms with van der Waals surface area (Å²) in [5, 5.41) is 13.2. The van der Waals surface area contributed by atoms with Crippen LogP contribution in [0.3, 0.4) is 0 Å². The molecule has 16 heavy (non-hydrogen) atoms. The molecule has 0 saturated heterocycles. The quantitative estimate of drug-likeness (QED) is 0.595. The van der Waals surface area contributed by atoms with Crippen molar-refractivity contribution in [1.29, 1.82) is 0 Å². The lowest BCUT2D eigenvalue weighted by molar-refractivity contribution is -0.118. The van der Waals surface area contributed by atoms with E-state index in [0.717, 1.165) is 5.56 Å². The van der Waals surface area contributed by atoms with Crippen molar-refractivity contribution in [3.05, 3.63) is 23.8 Å². The van der Waals surface area contributed by atoms with Gasteiger partial charge in [-0.05, 0) is 30.7 Å². The number of carbonyl (C=O) groups is 1. The molecule has 0 fully saturated rings. The maximum atomic E-state index is 10.6. The second-order valence-corrected chi connectivity index (χ2v) is 3.09. The van der Waals surface area contributed by atoms with Crippen LogP contribution in [0, 0.1) is 0 Å². The van der Waals surface area contributed by atoms with Gasteiger partial charge in [0, 0.05) is 6.92 Å². The Labute approximate surface area is 93.7 Å². The van der Waals surface area contributed by atoms with E-state index in [1.807, 2.05) is 6.92 Å². The first-order valence-electron chi connectivity index (χ1n) is 4.89. The third-order valence-electron chi connectivity index (χ3n) is 1.72. The average Bonchev–Trinajstić information content (AvgIpc) is 2.22. The molecule has 1 aromatic carbocycles. The van der Waals surface area contributed by atoms with E-state index >= 15 is 0 Å². The van der Waals surface area contributed by atoms with Crippen LogP contribution in [0.5, 0.6) is 11.5 Å². The van der Waals surface area contributed by atoms with Crippen LogP contribution >= 0.6 is 0 Å². The Balaban J connectivity index is 2.77. The highest BCUT2D eigenvalue weighted by Crippen LogP contribution is 2.25. The van der Waals surface area contributed by atoms with E-state index in [0.29, 0.717) is 12.4 Å². The summed E-state index contributed by atoms with van der Waals surface area (Å²) >= 11 is 0. The highest BCUT2D eigenvalue weighted by molar-refractivity contribution is 5.82. The Morgan fingerprint density at radius 3 is 3.00 bits per heavy atom. The molecular weight excluding hydrogens is 208 g/mol. The first-order valence-corrected chi connectivity index (χ1v) is 4.89. The van der Waals surface area contributed by atoms with E-state index in [1.165, 1.54) is 19.2 Å². The van der Waals surface area contributed by atoms with Gasteiger partial charge in [-0.1, -0.05) is 0 Å². The standard InChI is InChI=1S/C11H14N2O3/c1-3-16-11-6-9(4-5-10(11)15)7-12-13-8(2)14/h4-7,15H,3H2,1-2H3,(H,13,14). The molecule has 0 radical (unpaired) electrons. The molecule has 0 aliphatic heterocycles. The largest absolute Gasteiger partial charge is 0.504 e. The van der Waals surface area contributed by atoms with Gasteiger partial charge >= 0.3 is 0 Å². The normalized spacial score (nSPS) is 10.4. The maximum Gasteiger partial charge on any atom is 0.236 e. The number of ether oxygens (including phenoxy) is 1. The summed E-state index contributed by atoms with van der Waals surface area (Å²) in [5.74, 6) is 0.243. The second-order valence-electron chi connectivity index (χ2n) is 3.09. The number of aromatic hydroxyl groups is 1. The van der Waals surface area contributed by atoms with Gasteiger partial charge in [-0.2, -0.15) is 5.10 Å². The van der Waals surface area contributed by atoms with Crippen LogP contribution in [0.2, 0.25) is 0 Å². The molecule has 2 N–H and O–H groups in total. The molecule has 0 spiro atoms. The summed E-state index contributed by atoms with van der Waals surface area (Å²) in [5.41, 5.74) is 3.02. The predicted octanol–water partition coefficient (Wildman–Crippen LogP) is 1.26. The molecule has 0 aliphatic carbocycles. The number of hydrogen-bond donors (Lipinski definition) is 2. The van der Waals surface area contributed by atoms with Crippen LogP contribution in [0.4, 0.5) is 0 Å². The summed E-state index contributed by atoms with van der Waals surface area (Å²) in [6.45, 7) is 3.68. The first-order chi connectivity index (χ1) is 7.63. The third-order valence-corrected chi connectivity index (χ3v) is 1.72. The van der Waals surface area contributed by atoms with Gasteiger partial charge in [0.1, 0.15) is 0 Å². The molecule has 5 nitrogen and oxygen atoms in total. The molecule has 0 heterocycles. The Morgan fingerprint density at radius 2 is 2.38 bits per heavy atom. The van der Waals surface area contributed by atoms with Crippen molar-refractivity contribution in [1.82, 2.24) is 5.43 Å². The molecular formula is C11H14N2O3. The van der Waals surface area contributed by atoms with Gasteiger partial charge in [-0.15, -0.1) is 0 Å². The van der Waals surface area contributed by atoms with E-state index < -0.39 is 0 Å². The van der Waals surface area contributed by atoms with Crippen molar-refractivity contribution in [3.63, 3.8) is 0 Å². The highest BCUT2D eigenvalue weighted by atomic mass is 16.5. The van der Waals surface area contributed by atoms with Crippen molar-refractivity contribution in [2.45, 2.75) is 13.8 Å². The minimum Gasteiger partial charge on any atom is -0.504 e. The van der Waals surface area contributed by atoms with Gasteiger partial charge in [0.25, 0.3) is 0 Å². The van der Waals surface area contributed by atoms with Crippen LogP contribution in [-0.4, -0.2) is 23.8 Å². The van der Waals surface area contributed by atoms with E-state index in [2.05, 4.69) is 10.5 Å². The number of amides is 1. The number of hydrazone groups is 1. The number of phenols is 1. The van der Waals surface area contributed by atoms with Crippen molar-refractivity contribution < 1.29 is 14.6 Å². The zero-order valence-corrected chi connectivity index (χ0v) is 9.23. The lowest BCUT2D eigenvalue weighted by Crippen LogP contribution is -2.12. The van der Waals surface area contributed by atoms with Gasteiger partial charge in [-0.3, -0.25) is 4.79 Å². The van der Waals surface area contributed by atoms with Gasteiger partial charge < -0.3 is 9.84 Å². The summed E-state index contributed by atoms with van der Waals surface area (Å²) < 4.78 is 5.21. The predicted molar refractivity (Wildman–Crippen MR) is 60.7 cm³/mol. The molecule has 0 bridgehead atoms. The van der Waals surface area contributed by atoms with E-state index in [-0.39, 0.29) is 11.7 Å². The summed E-state index contributed by atoms with van der Waals surface area (Å²) in [6, 6.07) is 4.83. The molecule has 1 rings (SSSR count). The smallest absolute Gasteiger partial charge is 0.236 e. The van der Waals surface area contributed by atoms with Crippen LogP contribution in [0.1, 0.15) is 19.4 Å². The lowest BCUT2D eigenvalue weighted by Gasteiger charge is -2.05. The van der Waals surface area contributed by atoms with E-state index in [9.17, 15) is 9.90 Å². The third kappa shape index (κ3) is 3.61. The molecule has 0 aromatic heterocycles. The number of rotatable bonds is 4. The minimum absolute atomic E-state index is 0.0820. The number of benzene rings is 1. The van der Waals surface area contributed by atoms with Crippen molar-refractivity contribution in [2.75, 3.05) is 6.61 Å². The fourth-order valence-electron chi connectivity index (χ4n) is 1.08. The van der Waals surface area contributed by atoms with Gasteiger partial charge in [0.15, 0.2) is 11.5 Å². The van der Waals surface area contributed by atoms with Gasteiger partial charge in [0.05, 0.1) is 12.8 Å².